The van der Waals surface area contributed by atoms with Crippen molar-refractivity contribution in [2.75, 3.05) is 27.2 Å². The summed E-state index contributed by atoms with van der Waals surface area (Å²) in [5.74, 6) is -1.70. The summed E-state index contributed by atoms with van der Waals surface area (Å²) < 4.78 is 10.8. The Labute approximate surface area is 298 Å². The molecule has 0 rings (SSSR count). The third-order valence-corrected chi connectivity index (χ3v) is 8.67. The molecular formula is C43H77NO4. The van der Waals surface area contributed by atoms with Crippen LogP contribution in [-0.4, -0.2) is 50.2 Å². The molecule has 0 amide bonds. The highest BCUT2D eigenvalue weighted by Gasteiger charge is 2.22. The van der Waals surface area contributed by atoms with Crippen molar-refractivity contribution in [3.05, 3.63) is 48.6 Å². The van der Waals surface area contributed by atoms with Gasteiger partial charge in [-0.05, 0) is 104 Å². The fraction of sp³-hybridized carbons (Fsp3) is 0.767. The van der Waals surface area contributed by atoms with Crippen molar-refractivity contribution in [1.29, 1.82) is 0 Å². The Kier molecular flexibility index (Phi) is 36.0. The molecule has 0 saturated heterocycles. The molecule has 278 valence electrons. The first kappa shape index (κ1) is 45.9. The summed E-state index contributed by atoms with van der Waals surface area (Å²) in [5, 5.41) is 0. The van der Waals surface area contributed by atoms with Crippen molar-refractivity contribution in [3.8, 4) is 0 Å². The minimum absolute atomic E-state index is 0.198. The molecule has 48 heavy (non-hydrogen) atoms. The van der Waals surface area contributed by atoms with Gasteiger partial charge < -0.3 is 14.4 Å². The number of unbranched alkanes of at least 4 members (excludes halogenated alkanes) is 18. The summed E-state index contributed by atoms with van der Waals surface area (Å²) in [6.07, 6.45) is 49.0. The van der Waals surface area contributed by atoms with Crippen molar-refractivity contribution >= 4 is 11.9 Å². The van der Waals surface area contributed by atoms with E-state index in [2.05, 4.69) is 62.5 Å². The lowest BCUT2D eigenvalue weighted by molar-refractivity contribution is -0.171. The monoisotopic (exact) mass is 672 g/mol. The molecule has 0 aliphatic rings. The Balaban J connectivity index is 4.18. The van der Waals surface area contributed by atoms with Gasteiger partial charge in [-0.25, -0.2) is 9.59 Å². The second-order valence-electron chi connectivity index (χ2n) is 13.7. The van der Waals surface area contributed by atoms with Crippen molar-refractivity contribution in [2.45, 2.75) is 187 Å². The Bertz CT molecular complexity index is 781. The summed E-state index contributed by atoms with van der Waals surface area (Å²) in [6, 6.07) is 0. The number of hydrogen-bond acceptors (Lipinski definition) is 5. The Morgan fingerprint density at radius 3 is 1.27 bits per heavy atom. The van der Waals surface area contributed by atoms with E-state index in [-0.39, 0.29) is 12.7 Å². The molecule has 5 heteroatoms. The molecule has 0 radical (unpaired) electrons. The highest BCUT2D eigenvalue weighted by Crippen LogP contribution is 2.18. The van der Waals surface area contributed by atoms with Crippen LogP contribution in [0.25, 0.3) is 0 Å². The van der Waals surface area contributed by atoms with Crippen molar-refractivity contribution in [1.82, 2.24) is 4.90 Å². The molecule has 0 bridgehead atoms. The maximum absolute atomic E-state index is 12.4. The number of carbonyl (C=O) groups excluding carboxylic acids is 2. The van der Waals surface area contributed by atoms with E-state index in [0.717, 1.165) is 51.4 Å². The predicted molar refractivity (Wildman–Crippen MR) is 207 cm³/mol. The highest BCUT2D eigenvalue weighted by molar-refractivity contribution is 6.29. The number of nitrogens with zero attached hydrogens (tertiary/aromatic N) is 1. The van der Waals surface area contributed by atoms with Crippen LogP contribution in [0.5, 0.6) is 0 Å². The van der Waals surface area contributed by atoms with Gasteiger partial charge in [0.15, 0.2) is 0 Å². The lowest BCUT2D eigenvalue weighted by Crippen LogP contribution is -2.28. The lowest BCUT2D eigenvalue weighted by Gasteiger charge is -2.18. The summed E-state index contributed by atoms with van der Waals surface area (Å²) in [5.41, 5.74) is 0. The third-order valence-electron chi connectivity index (χ3n) is 8.67. The van der Waals surface area contributed by atoms with Gasteiger partial charge in [0, 0.05) is 6.54 Å². The standard InChI is InChI=1S/C43H77NO4/c1-5-7-9-11-13-15-17-19-21-23-25-27-29-31-33-35-37-41(48-43(46)42(45)47-40-39-44(3)4)38-36-34-32-30-28-26-24-22-20-18-16-14-12-10-8-6-2/h13-16,19-22,41H,5-12,17-18,23-40H2,1-4H3/b15-13-,16-14-,21-19-,22-20-. The van der Waals surface area contributed by atoms with E-state index in [0.29, 0.717) is 6.54 Å². The molecule has 0 aliphatic heterocycles. The van der Waals surface area contributed by atoms with Gasteiger partial charge >= 0.3 is 11.9 Å². The molecule has 0 atom stereocenters. The SMILES string of the molecule is CCCCC/C=C\C/C=C\CCCCCCCCC(CCCCCCCC/C=C\C/C=C\CCCCC)OC(=O)C(=O)OCCN(C)C. The van der Waals surface area contributed by atoms with Crippen molar-refractivity contribution in [2.24, 2.45) is 0 Å². The van der Waals surface area contributed by atoms with Crippen LogP contribution in [0.3, 0.4) is 0 Å². The van der Waals surface area contributed by atoms with Crippen molar-refractivity contribution in [3.63, 3.8) is 0 Å². The van der Waals surface area contributed by atoms with Crippen molar-refractivity contribution < 1.29 is 19.1 Å². The molecule has 0 spiro atoms. The van der Waals surface area contributed by atoms with E-state index in [4.69, 9.17) is 9.47 Å². The molecule has 0 aromatic carbocycles. The first-order chi connectivity index (χ1) is 23.5. The largest absolute Gasteiger partial charge is 0.456 e. The van der Waals surface area contributed by atoms with Crippen LogP contribution in [0, 0.1) is 0 Å². The minimum atomic E-state index is -0.865. The summed E-state index contributed by atoms with van der Waals surface area (Å²) in [4.78, 5) is 26.5. The van der Waals surface area contributed by atoms with Crippen LogP contribution in [0.4, 0.5) is 0 Å². The molecule has 0 fully saturated rings. The van der Waals surface area contributed by atoms with Gasteiger partial charge in [-0.1, -0.05) is 140 Å². The zero-order valence-electron chi connectivity index (χ0n) is 32.1. The summed E-state index contributed by atoms with van der Waals surface area (Å²) in [7, 11) is 3.81. The number of likely N-dealkylation sites (N-methyl/N-ethyl adjacent to an activating group) is 1. The van der Waals surface area contributed by atoms with E-state index < -0.39 is 11.9 Å². The van der Waals surface area contributed by atoms with Crippen LogP contribution in [0.1, 0.15) is 181 Å². The zero-order chi connectivity index (χ0) is 35.2. The third kappa shape index (κ3) is 35.2. The molecule has 0 N–H and O–H groups in total. The Hall–Kier alpha value is -2.14. The van der Waals surface area contributed by atoms with Gasteiger partial charge in [-0.15, -0.1) is 0 Å². The number of hydrogen-bond donors (Lipinski definition) is 0. The van der Waals surface area contributed by atoms with Gasteiger partial charge in [-0.2, -0.15) is 0 Å². The van der Waals surface area contributed by atoms with Crippen LogP contribution >= 0.6 is 0 Å². The number of esters is 2. The van der Waals surface area contributed by atoms with Gasteiger partial charge in [-0.3, -0.25) is 0 Å². The van der Waals surface area contributed by atoms with Crippen LogP contribution < -0.4 is 0 Å². The van der Waals surface area contributed by atoms with Gasteiger partial charge in [0.2, 0.25) is 0 Å². The fourth-order valence-electron chi connectivity index (χ4n) is 5.56. The first-order valence-electron chi connectivity index (χ1n) is 20.1. The molecule has 0 unspecified atom stereocenters. The van der Waals surface area contributed by atoms with Gasteiger partial charge in [0.25, 0.3) is 0 Å². The van der Waals surface area contributed by atoms with E-state index >= 15 is 0 Å². The Morgan fingerprint density at radius 2 is 0.875 bits per heavy atom. The van der Waals surface area contributed by atoms with Crippen LogP contribution in [-0.2, 0) is 19.1 Å². The van der Waals surface area contributed by atoms with Gasteiger partial charge in [0.05, 0.1) is 0 Å². The zero-order valence-corrected chi connectivity index (χ0v) is 32.1. The Morgan fingerprint density at radius 1 is 0.500 bits per heavy atom. The molecule has 0 heterocycles. The van der Waals surface area contributed by atoms with E-state index in [1.54, 1.807) is 0 Å². The molecular weight excluding hydrogens is 594 g/mol. The van der Waals surface area contributed by atoms with Crippen LogP contribution in [0.2, 0.25) is 0 Å². The van der Waals surface area contributed by atoms with Crippen LogP contribution in [0.15, 0.2) is 48.6 Å². The average molecular weight is 672 g/mol. The molecule has 0 aromatic heterocycles. The quantitative estimate of drug-likeness (QED) is 0.0295. The summed E-state index contributed by atoms with van der Waals surface area (Å²) >= 11 is 0. The molecule has 0 aromatic rings. The molecule has 5 nitrogen and oxygen atoms in total. The molecule has 0 aliphatic carbocycles. The maximum Gasteiger partial charge on any atom is 0.417 e. The van der Waals surface area contributed by atoms with E-state index in [1.165, 1.54) is 116 Å². The minimum Gasteiger partial charge on any atom is -0.456 e. The van der Waals surface area contributed by atoms with Gasteiger partial charge in [0.1, 0.15) is 12.7 Å². The number of ether oxygens (including phenoxy) is 2. The first-order valence-corrected chi connectivity index (χ1v) is 20.1. The lowest BCUT2D eigenvalue weighted by atomic mass is 10.0. The highest BCUT2D eigenvalue weighted by atomic mass is 16.6. The number of carbonyl (C=O) groups is 2. The fourth-order valence-corrected chi connectivity index (χ4v) is 5.56. The molecule has 0 saturated carbocycles. The average Bonchev–Trinajstić information content (AvgIpc) is 3.07. The number of allylic oxidation sites excluding steroid dienone is 8. The normalized spacial score (nSPS) is 12.2. The van der Waals surface area contributed by atoms with E-state index in [9.17, 15) is 9.59 Å². The maximum atomic E-state index is 12.4. The van der Waals surface area contributed by atoms with E-state index in [1.807, 2.05) is 19.0 Å². The second-order valence-corrected chi connectivity index (χ2v) is 13.7. The summed E-state index contributed by atoms with van der Waals surface area (Å²) in [6.45, 7) is 5.28. The number of rotatable bonds is 34. The second kappa shape index (κ2) is 37.7. The smallest absolute Gasteiger partial charge is 0.417 e. The topological polar surface area (TPSA) is 55.8 Å². The predicted octanol–water partition coefficient (Wildman–Crippen LogP) is 12.4.